The van der Waals surface area contributed by atoms with E-state index in [0.29, 0.717) is 0 Å². The number of aryl methyl sites for hydroxylation is 2. The molecule has 0 aliphatic carbocycles. The molecule has 0 radical (unpaired) electrons. The van der Waals surface area contributed by atoms with Crippen molar-refractivity contribution in [3.8, 4) is 0 Å². The number of imidazole rings is 1. The second kappa shape index (κ2) is 5.65. The van der Waals surface area contributed by atoms with Crippen LogP contribution in [0.2, 0.25) is 0 Å². The van der Waals surface area contributed by atoms with E-state index in [4.69, 9.17) is 10.7 Å². The minimum absolute atomic E-state index is 0.762. The molecule has 0 bridgehead atoms. The lowest BCUT2D eigenvalue weighted by Gasteiger charge is -2.05. The maximum absolute atomic E-state index is 5.52. The predicted molar refractivity (Wildman–Crippen MR) is 75.1 cm³/mol. The fourth-order valence-electron chi connectivity index (χ4n) is 2.12. The summed E-state index contributed by atoms with van der Waals surface area (Å²) in [5.74, 6) is 1.18. The largest absolute Gasteiger partial charge is 0.330 e. The van der Waals surface area contributed by atoms with Gasteiger partial charge in [-0.3, -0.25) is 0 Å². The summed E-state index contributed by atoms with van der Waals surface area (Å²) in [7, 11) is 0. The van der Waals surface area contributed by atoms with Gasteiger partial charge in [0.25, 0.3) is 0 Å². The second-order valence-electron chi connectivity index (χ2n) is 4.15. The molecule has 0 spiro atoms. The first-order chi connectivity index (χ1) is 8.26. The standard InChI is InChI=1S/C13H18BrN3/c1-2-17-12-7-6-10(14)9-11(12)16-13(17)5-3-4-8-15/h6-7,9H,2-5,8,15H2,1H3. The number of hydrogen-bond donors (Lipinski definition) is 1. The number of benzene rings is 1. The Bertz CT molecular complexity index is 505. The van der Waals surface area contributed by atoms with Gasteiger partial charge >= 0.3 is 0 Å². The van der Waals surface area contributed by atoms with Crippen LogP contribution < -0.4 is 5.73 Å². The number of halogens is 1. The van der Waals surface area contributed by atoms with E-state index in [1.165, 1.54) is 11.3 Å². The quantitative estimate of drug-likeness (QED) is 0.862. The van der Waals surface area contributed by atoms with E-state index in [-0.39, 0.29) is 0 Å². The highest BCUT2D eigenvalue weighted by Gasteiger charge is 2.09. The number of aromatic nitrogens is 2. The summed E-state index contributed by atoms with van der Waals surface area (Å²) in [6.45, 7) is 3.89. The van der Waals surface area contributed by atoms with Crippen molar-refractivity contribution in [3.63, 3.8) is 0 Å². The van der Waals surface area contributed by atoms with Crippen LogP contribution in [0.15, 0.2) is 22.7 Å². The highest BCUT2D eigenvalue weighted by atomic mass is 79.9. The van der Waals surface area contributed by atoms with Gasteiger partial charge in [-0.2, -0.15) is 0 Å². The van der Waals surface area contributed by atoms with Crippen LogP contribution in [-0.2, 0) is 13.0 Å². The molecule has 1 heterocycles. The molecule has 1 aromatic heterocycles. The molecule has 3 nitrogen and oxygen atoms in total. The molecule has 2 rings (SSSR count). The van der Waals surface area contributed by atoms with Crippen LogP contribution in [0.25, 0.3) is 11.0 Å². The average Bonchev–Trinajstić information content (AvgIpc) is 2.66. The molecule has 0 amide bonds. The molecule has 0 saturated carbocycles. The smallest absolute Gasteiger partial charge is 0.109 e. The van der Waals surface area contributed by atoms with Crippen molar-refractivity contribution in [2.75, 3.05) is 6.54 Å². The van der Waals surface area contributed by atoms with Crippen molar-refractivity contribution in [3.05, 3.63) is 28.5 Å². The summed E-state index contributed by atoms with van der Waals surface area (Å²) >= 11 is 3.49. The van der Waals surface area contributed by atoms with Crippen LogP contribution in [0.4, 0.5) is 0 Å². The van der Waals surface area contributed by atoms with Crippen molar-refractivity contribution in [2.24, 2.45) is 5.73 Å². The Labute approximate surface area is 110 Å². The van der Waals surface area contributed by atoms with E-state index in [1.54, 1.807) is 0 Å². The number of nitrogens with two attached hydrogens (primary N) is 1. The fourth-order valence-corrected chi connectivity index (χ4v) is 2.47. The Balaban J connectivity index is 2.34. The van der Waals surface area contributed by atoms with Crippen molar-refractivity contribution in [1.29, 1.82) is 0 Å². The molecular weight excluding hydrogens is 278 g/mol. The van der Waals surface area contributed by atoms with Gasteiger partial charge < -0.3 is 10.3 Å². The Morgan fingerprint density at radius 1 is 1.35 bits per heavy atom. The third-order valence-electron chi connectivity index (χ3n) is 2.96. The lowest BCUT2D eigenvalue weighted by atomic mass is 10.2. The molecule has 1 aromatic carbocycles. The van der Waals surface area contributed by atoms with E-state index >= 15 is 0 Å². The maximum atomic E-state index is 5.52. The van der Waals surface area contributed by atoms with Crippen molar-refractivity contribution >= 4 is 27.0 Å². The van der Waals surface area contributed by atoms with Crippen molar-refractivity contribution < 1.29 is 0 Å². The maximum Gasteiger partial charge on any atom is 0.109 e. The van der Waals surface area contributed by atoms with Crippen LogP contribution in [0.5, 0.6) is 0 Å². The van der Waals surface area contributed by atoms with Crippen molar-refractivity contribution in [1.82, 2.24) is 9.55 Å². The van der Waals surface area contributed by atoms with Gasteiger partial charge in [0.2, 0.25) is 0 Å². The third-order valence-corrected chi connectivity index (χ3v) is 3.45. The lowest BCUT2D eigenvalue weighted by Crippen LogP contribution is -2.04. The Hall–Kier alpha value is -0.870. The van der Waals surface area contributed by atoms with Crippen LogP contribution in [0, 0.1) is 0 Å². The molecule has 0 aliphatic heterocycles. The Kier molecular flexibility index (Phi) is 4.18. The second-order valence-corrected chi connectivity index (χ2v) is 5.07. The zero-order valence-corrected chi connectivity index (χ0v) is 11.7. The molecule has 4 heteroatoms. The van der Waals surface area contributed by atoms with Gasteiger partial charge in [0.1, 0.15) is 5.82 Å². The van der Waals surface area contributed by atoms with Gasteiger partial charge in [-0.25, -0.2) is 4.98 Å². The number of fused-ring (bicyclic) bond motifs is 1. The molecule has 17 heavy (non-hydrogen) atoms. The van der Waals surface area contributed by atoms with Gasteiger partial charge in [-0.1, -0.05) is 15.9 Å². The Morgan fingerprint density at radius 3 is 2.88 bits per heavy atom. The van der Waals surface area contributed by atoms with E-state index in [2.05, 4.69) is 45.6 Å². The predicted octanol–water partition coefficient (Wildman–Crippen LogP) is 3.10. The summed E-state index contributed by atoms with van der Waals surface area (Å²) < 4.78 is 3.37. The molecule has 0 fully saturated rings. The molecular formula is C13H18BrN3. The topological polar surface area (TPSA) is 43.8 Å². The third kappa shape index (κ3) is 2.69. The highest BCUT2D eigenvalue weighted by Crippen LogP contribution is 2.21. The van der Waals surface area contributed by atoms with Crippen molar-refractivity contribution in [2.45, 2.75) is 32.7 Å². The molecule has 0 atom stereocenters. The molecule has 2 aromatic rings. The van der Waals surface area contributed by atoms with Gasteiger partial charge in [-0.05, 0) is 44.5 Å². The molecule has 0 saturated heterocycles. The van der Waals surface area contributed by atoms with Gasteiger partial charge in [0.15, 0.2) is 0 Å². The van der Waals surface area contributed by atoms with Crippen LogP contribution in [0.3, 0.4) is 0 Å². The number of hydrogen-bond acceptors (Lipinski definition) is 2. The van der Waals surface area contributed by atoms with E-state index in [9.17, 15) is 0 Å². The van der Waals surface area contributed by atoms with E-state index < -0.39 is 0 Å². The first kappa shape index (κ1) is 12.6. The SMILES string of the molecule is CCn1c(CCCCN)nc2cc(Br)ccc21. The molecule has 2 N–H and O–H groups in total. The van der Waals surface area contributed by atoms with Gasteiger partial charge in [0, 0.05) is 17.4 Å². The van der Waals surface area contributed by atoms with E-state index in [1.807, 2.05) is 0 Å². The first-order valence-electron chi connectivity index (χ1n) is 6.11. The number of nitrogens with zero attached hydrogens (tertiary/aromatic N) is 2. The lowest BCUT2D eigenvalue weighted by molar-refractivity contribution is 0.661. The first-order valence-corrected chi connectivity index (χ1v) is 6.90. The minimum Gasteiger partial charge on any atom is -0.330 e. The highest BCUT2D eigenvalue weighted by molar-refractivity contribution is 9.10. The molecule has 0 aliphatic rings. The van der Waals surface area contributed by atoms with E-state index in [0.717, 1.165) is 42.3 Å². The van der Waals surface area contributed by atoms with Crippen LogP contribution in [-0.4, -0.2) is 16.1 Å². The molecule has 0 unspecified atom stereocenters. The fraction of sp³-hybridized carbons (Fsp3) is 0.462. The molecule has 92 valence electrons. The van der Waals surface area contributed by atoms with Crippen LogP contribution in [0.1, 0.15) is 25.6 Å². The average molecular weight is 296 g/mol. The summed E-state index contributed by atoms with van der Waals surface area (Å²) in [4.78, 5) is 4.71. The summed E-state index contributed by atoms with van der Waals surface area (Å²) in [5, 5.41) is 0. The Morgan fingerprint density at radius 2 is 2.18 bits per heavy atom. The zero-order valence-electron chi connectivity index (χ0n) is 10.1. The minimum atomic E-state index is 0.762. The summed E-state index contributed by atoms with van der Waals surface area (Å²) in [6, 6.07) is 6.27. The number of rotatable bonds is 5. The van der Waals surface area contributed by atoms with Gasteiger partial charge in [-0.15, -0.1) is 0 Å². The summed E-state index contributed by atoms with van der Waals surface area (Å²) in [5.41, 5.74) is 7.82. The normalized spacial score (nSPS) is 11.2. The van der Waals surface area contributed by atoms with Gasteiger partial charge in [0.05, 0.1) is 11.0 Å². The monoisotopic (exact) mass is 295 g/mol. The van der Waals surface area contributed by atoms with Crippen LogP contribution >= 0.6 is 15.9 Å². The number of unbranched alkanes of at least 4 members (excludes halogenated alkanes) is 1. The summed E-state index contributed by atoms with van der Waals surface area (Å²) in [6.07, 6.45) is 3.19. The zero-order chi connectivity index (χ0) is 12.3.